The third-order valence-electron chi connectivity index (χ3n) is 2.69. The Bertz CT molecular complexity index is 554. The van der Waals surface area contributed by atoms with E-state index in [1.165, 1.54) is 0 Å². The summed E-state index contributed by atoms with van der Waals surface area (Å²) in [5, 5.41) is 8.10. The molecular weight excluding hydrogens is 280 g/mol. The van der Waals surface area contributed by atoms with Crippen LogP contribution in [0.15, 0.2) is 36.7 Å². The van der Waals surface area contributed by atoms with Gasteiger partial charge in [0, 0.05) is 41.8 Å². The van der Waals surface area contributed by atoms with Crippen LogP contribution in [0.4, 0.5) is 5.69 Å². The largest absolute Gasteiger partial charge is 0.389 e. The molecule has 1 aromatic heterocycles. The van der Waals surface area contributed by atoms with Crippen molar-refractivity contribution in [2.45, 2.75) is 13.0 Å². The van der Waals surface area contributed by atoms with E-state index in [0.717, 1.165) is 30.8 Å². The maximum absolute atomic E-state index is 5.94. The molecule has 0 atom stereocenters. The molecule has 6 heteroatoms. The van der Waals surface area contributed by atoms with Gasteiger partial charge in [-0.05, 0) is 30.7 Å². The summed E-state index contributed by atoms with van der Waals surface area (Å²) in [4.78, 5) is 0.345. The Morgan fingerprint density at radius 1 is 1.47 bits per heavy atom. The summed E-state index contributed by atoms with van der Waals surface area (Å²) in [5.74, 6) is 0. The van der Waals surface area contributed by atoms with Gasteiger partial charge in [0.05, 0.1) is 0 Å². The zero-order valence-corrected chi connectivity index (χ0v) is 11.9. The van der Waals surface area contributed by atoms with Gasteiger partial charge in [0.25, 0.3) is 0 Å². The van der Waals surface area contributed by atoms with Gasteiger partial charge in [0.2, 0.25) is 0 Å². The molecule has 0 saturated carbocycles. The maximum Gasteiger partial charge on any atom is 0.106 e. The smallest absolute Gasteiger partial charge is 0.106 e. The molecule has 4 nitrogen and oxygen atoms in total. The van der Waals surface area contributed by atoms with E-state index in [9.17, 15) is 0 Å². The number of aromatic nitrogens is 2. The molecule has 0 aliphatic rings. The van der Waals surface area contributed by atoms with Gasteiger partial charge in [0.15, 0.2) is 0 Å². The quantitative estimate of drug-likeness (QED) is 0.635. The molecule has 0 radical (unpaired) electrons. The van der Waals surface area contributed by atoms with Crippen LogP contribution in [0, 0.1) is 0 Å². The number of aryl methyl sites for hydroxylation is 1. The van der Waals surface area contributed by atoms with Gasteiger partial charge in [0.1, 0.15) is 4.99 Å². The fourth-order valence-corrected chi connectivity index (χ4v) is 2.11. The first-order valence-corrected chi connectivity index (χ1v) is 6.76. The third kappa shape index (κ3) is 3.94. The number of anilines is 1. The van der Waals surface area contributed by atoms with E-state index < -0.39 is 0 Å². The minimum atomic E-state index is 0.345. The lowest BCUT2D eigenvalue weighted by Gasteiger charge is -2.11. The molecule has 0 unspecified atom stereocenters. The summed E-state index contributed by atoms with van der Waals surface area (Å²) in [7, 11) is 0. The van der Waals surface area contributed by atoms with Crippen LogP contribution < -0.4 is 11.1 Å². The first kappa shape index (κ1) is 13.8. The number of hydrogen-bond donors (Lipinski definition) is 2. The lowest BCUT2D eigenvalue weighted by molar-refractivity contribution is 0.592. The van der Waals surface area contributed by atoms with Crippen molar-refractivity contribution in [3.63, 3.8) is 0 Å². The molecule has 100 valence electrons. The summed E-state index contributed by atoms with van der Waals surface area (Å²) in [6, 6.07) is 7.40. The monoisotopic (exact) mass is 294 g/mol. The normalized spacial score (nSPS) is 10.4. The maximum atomic E-state index is 5.94. The average molecular weight is 295 g/mol. The van der Waals surface area contributed by atoms with Crippen molar-refractivity contribution in [2.24, 2.45) is 5.73 Å². The molecule has 0 amide bonds. The van der Waals surface area contributed by atoms with Crippen LogP contribution in [0.2, 0.25) is 5.02 Å². The SMILES string of the molecule is NC(=S)c1cc(Cl)ccc1NCCCn1cccn1. The molecule has 0 aliphatic carbocycles. The predicted molar refractivity (Wildman–Crippen MR) is 82.7 cm³/mol. The van der Waals surface area contributed by atoms with Crippen molar-refractivity contribution < 1.29 is 0 Å². The van der Waals surface area contributed by atoms with Crippen LogP contribution in [-0.2, 0) is 6.54 Å². The number of thiocarbonyl (C=S) groups is 1. The summed E-state index contributed by atoms with van der Waals surface area (Å²) in [5.41, 5.74) is 7.38. The van der Waals surface area contributed by atoms with Gasteiger partial charge in [-0.15, -0.1) is 0 Å². The second-order valence-corrected chi connectivity index (χ2v) is 4.98. The van der Waals surface area contributed by atoms with E-state index in [1.54, 1.807) is 12.3 Å². The van der Waals surface area contributed by atoms with Crippen LogP contribution in [-0.4, -0.2) is 21.3 Å². The highest BCUT2D eigenvalue weighted by Gasteiger charge is 2.05. The van der Waals surface area contributed by atoms with E-state index in [0.29, 0.717) is 10.0 Å². The van der Waals surface area contributed by atoms with Gasteiger partial charge in [-0.3, -0.25) is 4.68 Å². The zero-order chi connectivity index (χ0) is 13.7. The lowest BCUT2D eigenvalue weighted by Crippen LogP contribution is -2.14. The van der Waals surface area contributed by atoms with Crippen molar-refractivity contribution in [3.8, 4) is 0 Å². The van der Waals surface area contributed by atoms with E-state index in [1.807, 2.05) is 29.1 Å². The van der Waals surface area contributed by atoms with Crippen LogP contribution in [0.25, 0.3) is 0 Å². The van der Waals surface area contributed by atoms with Gasteiger partial charge in [-0.1, -0.05) is 23.8 Å². The average Bonchev–Trinajstić information content (AvgIpc) is 2.89. The fraction of sp³-hybridized carbons (Fsp3) is 0.231. The topological polar surface area (TPSA) is 55.9 Å². The van der Waals surface area contributed by atoms with E-state index in [2.05, 4.69) is 10.4 Å². The zero-order valence-electron chi connectivity index (χ0n) is 10.3. The summed E-state index contributed by atoms with van der Waals surface area (Å²) in [6.45, 7) is 1.69. The van der Waals surface area contributed by atoms with Crippen molar-refractivity contribution in [1.29, 1.82) is 0 Å². The number of rotatable bonds is 6. The summed E-state index contributed by atoms with van der Waals surface area (Å²) < 4.78 is 1.90. The predicted octanol–water partition coefficient (Wildman–Crippen LogP) is 2.67. The molecule has 1 aromatic carbocycles. The molecule has 1 heterocycles. The molecule has 0 spiro atoms. The van der Waals surface area contributed by atoms with Gasteiger partial charge < -0.3 is 11.1 Å². The fourth-order valence-electron chi connectivity index (χ4n) is 1.77. The van der Waals surface area contributed by atoms with E-state index >= 15 is 0 Å². The highest BCUT2D eigenvalue weighted by molar-refractivity contribution is 7.80. The van der Waals surface area contributed by atoms with Crippen LogP contribution in [0.5, 0.6) is 0 Å². The lowest BCUT2D eigenvalue weighted by atomic mass is 10.1. The first-order chi connectivity index (χ1) is 9.16. The molecule has 0 bridgehead atoms. The van der Waals surface area contributed by atoms with Crippen molar-refractivity contribution in [1.82, 2.24) is 9.78 Å². The number of nitrogens with zero attached hydrogens (tertiary/aromatic N) is 2. The number of halogens is 1. The molecule has 2 rings (SSSR count). The van der Waals surface area contributed by atoms with Crippen LogP contribution in [0.1, 0.15) is 12.0 Å². The molecule has 19 heavy (non-hydrogen) atoms. The highest BCUT2D eigenvalue weighted by atomic mass is 35.5. The van der Waals surface area contributed by atoms with Crippen molar-refractivity contribution in [2.75, 3.05) is 11.9 Å². The van der Waals surface area contributed by atoms with E-state index in [-0.39, 0.29) is 0 Å². The van der Waals surface area contributed by atoms with E-state index in [4.69, 9.17) is 29.6 Å². The van der Waals surface area contributed by atoms with Crippen molar-refractivity contribution >= 4 is 34.5 Å². The number of nitrogens with two attached hydrogens (primary N) is 1. The summed E-state index contributed by atoms with van der Waals surface area (Å²) in [6.07, 6.45) is 4.68. The number of hydrogen-bond acceptors (Lipinski definition) is 3. The third-order valence-corrected chi connectivity index (χ3v) is 3.14. The second-order valence-electron chi connectivity index (χ2n) is 4.10. The first-order valence-electron chi connectivity index (χ1n) is 5.97. The Hall–Kier alpha value is -1.59. The number of benzene rings is 1. The molecule has 0 aliphatic heterocycles. The van der Waals surface area contributed by atoms with Crippen LogP contribution >= 0.6 is 23.8 Å². The van der Waals surface area contributed by atoms with Gasteiger partial charge >= 0.3 is 0 Å². The molecule has 0 saturated heterocycles. The van der Waals surface area contributed by atoms with Gasteiger partial charge in [-0.2, -0.15) is 5.10 Å². The Morgan fingerprint density at radius 3 is 3.00 bits per heavy atom. The Labute approximate surface area is 122 Å². The Morgan fingerprint density at radius 2 is 2.32 bits per heavy atom. The Balaban J connectivity index is 1.90. The summed E-state index contributed by atoms with van der Waals surface area (Å²) >= 11 is 11.0. The molecule has 2 aromatic rings. The molecule has 0 fully saturated rings. The highest BCUT2D eigenvalue weighted by Crippen LogP contribution is 2.20. The minimum absolute atomic E-state index is 0.345. The van der Waals surface area contributed by atoms with Crippen LogP contribution in [0.3, 0.4) is 0 Å². The van der Waals surface area contributed by atoms with Crippen molar-refractivity contribution in [3.05, 3.63) is 47.2 Å². The Kier molecular flexibility index (Phi) is 4.76. The minimum Gasteiger partial charge on any atom is -0.389 e. The number of nitrogens with one attached hydrogen (secondary N) is 1. The second kappa shape index (κ2) is 6.54. The standard InChI is InChI=1S/C13H15ClN4S/c14-10-3-4-12(11(9-10)13(15)19)16-5-1-7-18-8-2-6-17-18/h2-4,6,8-9,16H,1,5,7H2,(H2,15,19). The molecular formula is C13H15ClN4S. The van der Waals surface area contributed by atoms with Gasteiger partial charge in [-0.25, -0.2) is 0 Å². The molecule has 3 N–H and O–H groups in total.